The number of aromatic nitrogens is 2. The number of likely N-dealkylation sites (N-methyl/N-ethyl adjacent to an activating group) is 1. The number of hydrogen-bond acceptors (Lipinski definition) is 4. The predicted molar refractivity (Wildman–Crippen MR) is 116 cm³/mol. The second-order valence-corrected chi connectivity index (χ2v) is 9.04. The van der Waals surface area contributed by atoms with E-state index in [-0.39, 0.29) is 4.90 Å². The van der Waals surface area contributed by atoms with Gasteiger partial charge in [0.05, 0.1) is 15.5 Å². The SMILES string of the molecule is CCN(CC)CCc1cn2cc(S(=O)(=O)c3cccc4ccccc34)ccc2n1. The number of sulfone groups is 1. The van der Waals surface area contributed by atoms with Crippen molar-refractivity contribution in [2.24, 2.45) is 0 Å². The van der Waals surface area contributed by atoms with Crippen LogP contribution in [0.15, 0.2) is 76.8 Å². The third kappa shape index (κ3) is 3.78. The molecular weight excluding hydrogens is 382 g/mol. The molecule has 150 valence electrons. The standard InChI is InChI=1S/C23H25N3O2S/c1-3-25(4-2)15-14-19-16-26-17-20(12-13-23(26)24-19)29(27,28)22-11-7-9-18-8-5-6-10-21(18)22/h5-13,16-17H,3-4,14-15H2,1-2H3. The Kier molecular flexibility index (Phi) is 5.39. The normalized spacial score (nSPS) is 12.2. The van der Waals surface area contributed by atoms with Crippen molar-refractivity contribution >= 4 is 26.3 Å². The lowest BCUT2D eigenvalue weighted by Gasteiger charge is -2.16. The molecular formula is C23H25N3O2S. The van der Waals surface area contributed by atoms with Crippen molar-refractivity contribution in [3.05, 3.63) is 72.7 Å². The summed E-state index contributed by atoms with van der Waals surface area (Å²) in [6, 6.07) is 16.4. The third-order valence-corrected chi connectivity index (χ3v) is 7.20. The zero-order valence-electron chi connectivity index (χ0n) is 16.7. The first kappa shape index (κ1) is 19.6. The van der Waals surface area contributed by atoms with Gasteiger partial charge in [-0.2, -0.15) is 0 Å². The van der Waals surface area contributed by atoms with E-state index in [4.69, 9.17) is 0 Å². The topological polar surface area (TPSA) is 54.7 Å². The molecule has 0 saturated carbocycles. The van der Waals surface area contributed by atoms with E-state index in [1.54, 1.807) is 30.5 Å². The van der Waals surface area contributed by atoms with Gasteiger partial charge in [0, 0.05) is 30.7 Å². The van der Waals surface area contributed by atoms with Gasteiger partial charge in [-0.1, -0.05) is 50.2 Å². The zero-order valence-corrected chi connectivity index (χ0v) is 17.6. The van der Waals surface area contributed by atoms with Crippen LogP contribution in [0.5, 0.6) is 0 Å². The molecule has 2 heterocycles. The Morgan fingerprint density at radius 3 is 2.48 bits per heavy atom. The van der Waals surface area contributed by atoms with Gasteiger partial charge >= 0.3 is 0 Å². The van der Waals surface area contributed by atoms with Crippen LogP contribution in [0.1, 0.15) is 19.5 Å². The van der Waals surface area contributed by atoms with Crippen molar-refractivity contribution in [2.45, 2.75) is 30.1 Å². The highest BCUT2D eigenvalue weighted by Crippen LogP contribution is 2.28. The summed E-state index contributed by atoms with van der Waals surface area (Å²) in [5.74, 6) is 0. The molecule has 5 nitrogen and oxygen atoms in total. The summed E-state index contributed by atoms with van der Waals surface area (Å²) in [7, 11) is -3.64. The maximum absolute atomic E-state index is 13.4. The van der Waals surface area contributed by atoms with Crippen LogP contribution in [-0.4, -0.2) is 42.3 Å². The van der Waals surface area contributed by atoms with Crippen LogP contribution in [0.4, 0.5) is 0 Å². The molecule has 0 spiro atoms. The van der Waals surface area contributed by atoms with E-state index in [9.17, 15) is 8.42 Å². The molecule has 0 atom stereocenters. The van der Waals surface area contributed by atoms with Crippen molar-refractivity contribution in [1.82, 2.24) is 14.3 Å². The highest BCUT2D eigenvalue weighted by molar-refractivity contribution is 7.91. The van der Waals surface area contributed by atoms with Crippen LogP contribution in [0.2, 0.25) is 0 Å². The van der Waals surface area contributed by atoms with Crippen LogP contribution >= 0.6 is 0 Å². The molecule has 0 unspecified atom stereocenters. The summed E-state index contributed by atoms with van der Waals surface area (Å²) in [5, 5.41) is 1.65. The molecule has 0 amide bonds. The first-order valence-corrected chi connectivity index (χ1v) is 11.4. The molecule has 0 bridgehead atoms. The maximum Gasteiger partial charge on any atom is 0.208 e. The molecule has 29 heavy (non-hydrogen) atoms. The van der Waals surface area contributed by atoms with E-state index in [0.29, 0.717) is 4.90 Å². The fraction of sp³-hybridized carbons (Fsp3) is 0.261. The van der Waals surface area contributed by atoms with Gasteiger partial charge in [-0.25, -0.2) is 13.4 Å². The molecule has 0 aliphatic rings. The van der Waals surface area contributed by atoms with Crippen LogP contribution in [0.25, 0.3) is 16.4 Å². The van der Waals surface area contributed by atoms with Gasteiger partial charge in [-0.3, -0.25) is 0 Å². The van der Waals surface area contributed by atoms with Crippen LogP contribution < -0.4 is 0 Å². The molecule has 0 fully saturated rings. The fourth-order valence-corrected chi connectivity index (χ4v) is 5.16. The lowest BCUT2D eigenvalue weighted by Crippen LogP contribution is -2.25. The molecule has 2 aromatic heterocycles. The number of nitrogens with zero attached hydrogens (tertiary/aromatic N) is 3. The van der Waals surface area contributed by atoms with E-state index in [2.05, 4.69) is 23.7 Å². The third-order valence-electron chi connectivity index (χ3n) is 5.40. The average molecular weight is 408 g/mol. The van der Waals surface area contributed by atoms with Gasteiger partial charge in [0.1, 0.15) is 5.65 Å². The lowest BCUT2D eigenvalue weighted by atomic mass is 10.1. The first-order chi connectivity index (χ1) is 14.0. The second-order valence-electron chi connectivity index (χ2n) is 7.12. The van der Waals surface area contributed by atoms with Gasteiger partial charge in [0.15, 0.2) is 0 Å². The Hall–Kier alpha value is -2.70. The van der Waals surface area contributed by atoms with E-state index in [0.717, 1.165) is 48.2 Å². The number of imidazole rings is 1. The summed E-state index contributed by atoms with van der Waals surface area (Å²) >= 11 is 0. The van der Waals surface area contributed by atoms with Gasteiger partial charge in [-0.15, -0.1) is 0 Å². The van der Waals surface area contributed by atoms with Crippen molar-refractivity contribution in [3.63, 3.8) is 0 Å². The highest BCUT2D eigenvalue weighted by Gasteiger charge is 2.21. The quantitative estimate of drug-likeness (QED) is 0.461. The fourth-order valence-electron chi connectivity index (χ4n) is 3.67. The maximum atomic E-state index is 13.4. The summed E-state index contributed by atoms with van der Waals surface area (Å²) < 4.78 is 28.5. The Bertz CT molecular complexity index is 1250. The molecule has 0 N–H and O–H groups in total. The van der Waals surface area contributed by atoms with Crippen LogP contribution in [0.3, 0.4) is 0 Å². The Morgan fingerprint density at radius 2 is 1.69 bits per heavy atom. The van der Waals surface area contributed by atoms with Crippen molar-refractivity contribution in [1.29, 1.82) is 0 Å². The predicted octanol–water partition coefficient (Wildman–Crippen LogP) is 4.20. The minimum atomic E-state index is -3.64. The van der Waals surface area contributed by atoms with Gasteiger partial charge in [0.25, 0.3) is 0 Å². The number of rotatable bonds is 7. The second kappa shape index (κ2) is 7.97. The molecule has 4 aromatic rings. The zero-order chi connectivity index (χ0) is 20.4. The van der Waals surface area contributed by atoms with Crippen molar-refractivity contribution in [2.75, 3.05) is 19.6 Å². The molecule has 0 aliphatic carbocycles. The summed E-state index contributed by atoms with van der Waals surface area (Å²) in [5.41, 5.74) is 1.73. The van der Waals surface area contributed by atoms with E-state index < -0.39 is 9.84 Å². The van der Waals surface area contributed by atoms with Crippen molar-refractivity contribution < 1.29 is 8.42 Å². The van der Waals surface area contributed by atoms with E-state index in [1.807, 2.05) is 40.9 Å². The lowest BCUT2D eigenvalue weighted by molar-refractivity contribution is 0.307. The smallest absolute Gasteiger partial charge is 0.208 e. The average Bonchev–Trinajstić information content (AvgIpc) is 3.16. The summed E-state index contributed by atoms with van der Waals surface area (Å²) in [6.07, 6.45) is 4.44. The van der Waals surface area contributed by atoms with Gasteiger partial charge in [0.2, 0.25) is 9.84 Å². The molecule has 0 aliphatic heterocycles. The molecule has 0 radical (unpaired) electrons. The van der Waals surface area contributed by atoms with Gasteiger partial charge < -0.3 is 9.30 Å². The van der Waals surface area contributed by atoms with Crippen LogP contribution in [0, 0.1) is 0 Å². The van der Waals surface area contributed by atoms with Gasteiger partial charge in [-0.05, 0) is 36.7 Å². The number of fused-ring (bicyclic) bond motifs is 2. The largest absolute Gasteiger partial charge is 0.305 e. The minimum Gasteiger partial charge on any atom is -0.305 e. The molecule has 2 aromatic carbocycles. The number of benzene rings is 2. The Balaban J connectivity index is 1.70. The number of hydrogen-bond donors (Lipinski definition) is 0. The van der Waals surface area contributed by atoms with E-state index in [1.165, 1.54) is 0 Å². The number of pyridine rings is 1. The summed E-state index contributed by atoms with van der Waals surface area (Å²) in [6.45, 7) is 7.27. The Morgan fingerprint density at radius 1 is 0.931 bits per heavy atom. The van der Waals surface area contributed by atoms with Crippen molar-refractivity contribution in [3.8, 4) is 0 Å². The molecule has 0 saturated heterocycles. The molecule has 4 rings (SSSR count). The highest BCUT2D eigenvalue weighted by atomic mass is 32.2. The van der Waals surface area contributed by atoms with Crippen LogP contribution in [-0.2, 0) is 16.3 Å². The van der Waals surface area contributed by atoms with E-state index >= 15 is 0 Å². The monoisotopic (exact) mass is 407 g/mol. The Labute approximate surface area is 171 Å². The molecule has 6 heteroatoms. The summed E-state index contributed by atoms with van der Waals surface area (Å²) in [4.78, 5) is 7.59. The first-order valence-electron chi connectivity index (χ1n) is 9.95. The minimum absolute atomic E-state index is 0.272.